The number of carbonyl (C=O) groups excluding carboxylic acids is 2. The van der Waals surface area contributed by atoms with E-state index in [9.17, 15) is 14.4 Å². The molecule has 0 aliphatic heterocycles. The van der Waals surface area contributed by atoms with Gasteiger partial charge in [-0.2, -0.15) is 0 Å². The predicted molar refractivity (Wildman–Crippen MR) is 61.8 cm³/mol. The summed E-state index contributed by atoms with van der Waals surface area (Å²) in [5.41, 5.74) is 0. The molecule has 0 rings (SSSR count). The van der Waals surface area contributed by atoms with E-state index in [-0.39, 0.29) is 25.4 Å². The van der Waals surface area contributed by atoms with Gasteiger partial charge in [-0.25, -0.2) is 0 Å². The molecule has 0 fully saturated rings. The molecule has 0 aromatic heterocycles. The molecule has 0 saturated heterocycles. The van der Waals surface area contributed by atoms with Crippen LogP contribution >= 0.6 is 11.8 Å². The second-order valence-corrected chi connectivity index (χ2v) is 4.11. The Morgan fingerprint density at radius 1 is 1.12 bits per heavy atom. The molecule has 0 aliphatic rings. The molecule has 0 unspecified atom stereocenters. The normalized spacial score (nSPS) is 10.1. The average Bonchev–Trinajstić information content (AvgIpc) is 2.24. The third-order valence-corrected chi connectivity index (χ3v) is 2.76. The van der Waals surface area contributed by atoms with Gasteiger partial charge in [-0.15, -0.1) is 11.8 Å². The molecule has 0 atom stereocenters. The fourth-order valence-corrected chi connectivity index (χ4v) is 1.87. The Bertz CT molecular complexity index is 260. The lowest BCUT2D eigenvalue weighted by Crippen LogP contribution is -2.31. The first kappa shape index (κ1) is 15.8. The van der Waals surface area contributed by atoms with E-state index in [0.717, 1.165) is 11.8 Å². The van der Waals surface area contributed by atoms with E-state index in [2.05, 4.69) is 0 Å². The quantitative estimate of drug-likeness (QED) is 0.509. The Hall–Kier alpha value is -1.24. The minimum absolute atomic E-state index is 0.125. The Balaban J connectivity index is 4.34. The van der Waals surface area contributed by atoms with Gasteiger partial charge in [-0.1, -0.05) is 0 Å². The summed E-state index contributed by atoms with van der Waals surface area (Å²) < 4.78 is 9.44. The first-order chi connectivity index (χ1) is 8.02. The summed E-state index contributed by atoms with van der Waals surface area (Å²) in [4.78, 5) is 33.2. The highest BCUT2D eigenvalue weighted by atomic mass is 32.2. The monoisotopic (exact) mass is 264 g/mol. The maximum absolute atomic E-state index is 11.4. The first-order valence-corrected chi connectivity index (χ1v) is 6.24. The highest BCUT2D eigenvalue weighted by Gasteiger charge is 2.29. The van der Waals surface area contributed by atoms with Crippen LogP contribution < -0.4 is 0 Å². The Kier molecular flexibility index (Phi) is 8.21. The lowest BCUT2D eigenvalue weighted by atomic mass is 10.4. The third kappa shape index (κ3) is 6.83. The van der Waals surface area contributed by atoms with Gasteiger partial charge in [-0.3, -0.25) is 14.4 Å². The minimum atomic E-state index is -1.10. The first-order valence-electron chi connectivity index (χ1n) is 5.19. The van der Waals surface area contributed by atoms with Gasteiger partial charge in [0.25, 0.3) is 0 Å². The van der Waals surface area contributed by atoms with Crippen molar-refractivity contribution in [3.05, 3.63) is 0 Å². The Morgan fingerprint density at radius 2 is 1.59 bits per heavy atom. The fourth-order valence-electron chi connectivity index (χ4n) is 0.932. The number of carboxylic acid groups (broad SMARTS) is 1. The van der Waals surface area contributed by atoms with Crippen LogP contribution in [0.15, 0.2) is 0 Å². The van der Waals surface area contributed by atoms with Crippen LogP contribution in [0, 0.1) is 0 Å². The van der Waals surface area contributed by atoms with Gasteiger partial charge in [-0.05, 0) is 13.8 Å². The van der Waals surface area contributed by atoms with Gasteiger partial charge >= 0.3 is 17.9 Å². The molecule has 0 aromatic carbocycles. The van der Waals surface area contributed by atoms with Gasteiger partial charge < -0.3 is 14.6 Å². The number of esters is 2. The summed E-state index contributed by atoms with van der Waals surface area (Å²) in [5.74, 6) is -2.22. The van der Waals surface area contributed by atoms with E-state index < -0.39 is 23.2 Å². The predicted octanol–water partition coefficient (Wildman–Crippen LogP) is 0.689. The highest BCUT2D eigenvalue weighted by Crippen LogP contribution is 2.16. The molecule has 98 valence electrons. The standard InChI is InChI=1S/C10H16O6S/c1-3-15-9(13)8(10(14)16-4-2)17-6-5-7(11)12/h8H,3-6H2,1-2H3,(H,11,12). The Labute approximate surface area is 104 Å². The number of carbonyl (C=O) groups is 3. The van der Waals surface area contributed by atoms with Crippen LogP contribution in [0.3, 0.4) is 0 Å². The summed E-state index contributed by atoms with van der Waals surface area (Å²) in [5, 5.41) is 7.36. The summed E-state index contributed by atoms with van der Waals surface area (Å²) in [6.07, 6.45) is -0.125. The van der Waals surface area contributed by atoms with Crippen LogP contribution in [-0.2, 0) is 23.9 Å². The third-order valence-electron chi connectivity index (χ3n) is 1.60. The molecule has 0 aromatic rings. The maximum atomic E-state index is 11.4. The number of thioether (sulfide) groups is 1. The number of hydrogen-bond acceptors (Lipinski definition) is 6. The van der Waals surface area contributed by atoms with Crippen molar-refractivity contribution < 1.29 is 29.0 Å². The van der Waals surface area contributed by atoms with Gasteiger partial charge in [0.2, 0.25) is 0 Å². The average molecular weight is 264 g/mol. The van der Waals surface area contributed by atoms with Crippen molar-refractivity contribution in [3.8, 4) is 0 Å². The molecule has 6 nitrogen and oxygen atoms in total. The van der Waals surface area contributed by atoms with Gasteiger partial charge in [0.1, 0.15) is 0 Å². The number of aliphatic carboxylic acids is 1. The van der Waals surface area contributed by atoms with E-state index in [1.165, 1.54) is 0 Å². The zero-order valence-corrected chi connectivity index (χ0v) is 10.6. The molecule has 0 amide bonds. The van der Waals surface area contributed by atoms with Gasteiger partial charge in [0, 0.05) is 5.75 Å². The molecule has 0 saturated carbocycles. The van der Waals surface area contributed by atoms with E-state index in [0.29, 0.717) is 0 Å². The van der Waals surface area contributed by atoms with Gasteiger partial charge in [0.15, 0.2) is 5.25 Å². The zero-order chi connectivity index (χ0) is 13.3. The number of carboxylic acids is 1. The molecule has 0 radical (unpaired) electrons. The topological polar surface area (TPSA) is 89.9 Å². The largest absolute Gasteiger partial charge is 0.481 e. The second kappa shape index (κ2) is 8.86. The lowest BCUT2D eigenvalue weighted by Gasteiger charge is -2.13. The van der Waals surface area contributed by atoms with Crippen molar-refractivity contribution in [2.45, 2.75) is 25.5 Å². The van der Waals surface area contributed by atoms with Crippen molar-refractivity contribution in [1.82, 2.24) is 0 Å². The van der Waals surface area contributed by atoms with Crippen LogP contribution in [0.5, 0.6) is 0 Å². The lowest BCUT2D eigenvalue weighted by molar-refractivity contribution is -0.153. The van der Waals surface area contributed by atoms with Crippen LogP contribution in [0.25, 0.3) is 0 Å². The fraction of sp³-hybridized carbons (Fsp3) is 0.700. The van der Waals surface area contributed by atoms with Crippen LogP contribution in [0.1, 0.15) is 20.3 Å². The van der Waals surface area contributed by atoms with E-state index in [4.69, 9.17) is 14.6 Å². The maximum Gasteiger partial charge on any atom is 0.330 e. The van der Waals surface area contributed by atoms with Gasteiger partial charge in [0.05, 0.1) is 19.6 Å². The summed E-state index contributed by atoms with van der Waals surface area (Å²) in [6, 6.07) is 0. The highest BCUT2D eigenvalue weighted by molar-refractivity contribution is 8.01. The SMILES string of the molecule is CCOC(=O)C(SCCC(=O)O)C(=O)OCC. The molecular weight excluding hydrogens is 248 g/mol. The van der Waals surface area contributed by atoms with Crippen molar-refractivity contribution in [1.29, 1.82) is 0 Å². The number of rotatable bonds is 8. The van der Waals surface area contributed by atoms with Crippen molar-refractivity contribution in [3.63, 3.8) is 0 Å². The van der Waals surface area contributed by atoms with Crippen LogP contribution in [-0.4, -0.2) is 47.2 Å². The molecule has 7 heteroatoms. The molecule has 0 bridgehead atoms. The second-order valence-electron chi connectivity index (χ2n) is 2.90. The van der Waals surface area contributed by atoms with Crippen LogP contribution in [0.4, 0.5) is 0 Å². The van der Waals surface area contributed by atoms with Crippen molar-refractivity contribution in [2.75, 3.05) is 19.0 Å². The molecule has 17 heavy (non-hydrogen) atoms. The smallest absolute Gasteiger partial charge is 0.330 e. The van der Waals surface area contributed by atoms with E-state index >= 15 is 0 Å². The van der Waals surface area contributed by atoms with E-state index in [1.54, 1.807) is 13.8 Å². The van der Waals surface area contributed by atoms with Crippen LogP contribution in [0.2, 0.25) is 0 Å². The molecule has 1 N–H and O–H groups in total. The molecule has 0 spiro atoms. The number of hydrogen-bond donors (Lipinski definition) is 1. The minimum Gasteiger partial charge on any atom is -0.481 e. The van der Waals surface area contributed by atoms with Crippen molar-refractivity contribution >= 4 is 29.7 Å². The number of ether oxygens (including phenoxy) is 2. The van der Waals surface area contributed by atoms with Crippen molar-refractivity contribution in [2.24, 2.45) is 0 Å². The molecule has 0 heterocycles. The summed E-state index contributed by atoms with van der Waals surface area (Å²) in [6.45, 7) is 3.58. The molecular formula is C10H16O6S. The summed E-state index contributed by atoms with van der Waals surface area (Å²) in [7, 11) is 0. The van der Waals surface area contributed by atoms with E-state index in [1.807, 2.05) is 0 Å². The zero-order valence-electron chi connectivity index (χ0n) is 9.80. The molecule has 0 aliphatic carbocycles. The Morgan fingerprint density at radius 3 is 1.94 bits per heavy atom. The summed E-state index contributed by atoms with van der Waals surface area (Å²) >= 11 is 0.916.